The van der Waals surface area contributed by atoms with Crippen LogP contribution in [0.5, 0.6) is 0 Å². The number of nitrogens with zero attached hydrogens (tertiary/aromatic N) is 1. The van der Waals surface area contributed by atoms with Crippen LogP contribution in [-0.4, -0.2) is 24.6 Å². The Balaban J connectivity index is 1.73. The van der Waals surface area contributed by atoms with Gasteiger partial charge >= 0.3 is 0 Å². The van der Waals surface area contributed by atoms with Gasteiger partial charge in [-0.2, -0.15) is 5.10 Å². The molecule has 0 unspecified atom stereocenters. The summed E-state index contributed by atoms with van der Waals surface area (Å²) in [6.07, 6.45) is 1.55. The van der Waals surface area contributed by atoms with Gasteiger partial charge in [0, 0.05) is 17.4 Å². The van der Waals surface area contributed by atoms with E-state index in [4.69, 9.17) is 0 Å². The standard InChI is InChI=1S/C17H15BrFN3O2/c18-13-5-3-4-12(10-13)11-21-22-16(23)8-9-20-17(24)14-6-1-2-7-15(14)19/h1-7,10-11H,8-9H2,(H,20,24)(H,22,23). The molecule has 0 heterocycles. The van der Waals surface area contributed by atoms with Crippen LogP contribution in [0.1, 0.15) is 22.3 Å². The van der Waals surface area contributed by atoms with Gasteiger partial charge in [-0.3, -0.25) is 9.59 Å². The average molecular weight is 392 g/mol. The van der Waals surface area contributed by atoms with Gasteiger partial charge in [0.05, 0.1) is 11.8 Å². The fourth-order valence-electron chi connectivity index (χ4n) is 1.85. The summed E-state index contributed by atoms with van der Waals surface area (Å²) in [5.74, 6) is -1.51. The van der Waals surface area contributed by atoms with Crippen molar-refractivity contribution in [2.24, 2.45) is 5.10 Å². The third-order valence-corrected chi connectivity index (χ3v) is 3.50. The molecule has 0 spiro atoms. The Morgan fingerprint density at radius 1 is 1.17 bits per heavy atom. The maximum Gasteiger partial charge on any atom is 0.254 e. The highest BCUT2D eigenvalue weighted by Crippen LogP contribution is 2.09. The van der Waals surface area contributed by atoms with Gasteiger partial charge in [-0.25, -0.2) is 9.82 Å². The smallest absolute Gasteiger partial charge is 0.254 e. The first kappa shape index (κ1) is 17.8. The van der Waals surface area contributed by atoms with Crippen LogP contribution in [0, 0.1) is 5.82 Å². The number of hydrogen-bond acceptors (Lipinski definition) is 3. The minimum Gasteiger partial charge on any atom is -0.351 e. The summed E-state index contributed by atoms with van der Waals surface area (Å²) in [4.78, 5) is 23.4. The molecule has 2 rings (SSSR count). The highest BCUT2D eigenvalue weighted by Gasteiger charge is 2.10. The maximum absolute atomic E-state index is 13.4. The zero-order valence-corrected chi connectivity index (χ0v) is 14.2. The summed E-state index contributed by atoms with van der Waals surface area (Å²) in [7, 11) is 0. The molecular weight excluding hydrogens is 377 g/mol. The van der Waals surface area contributed by atoms with Crippen LogP contribution >= 0.6 is 15.9 Å². The summed E-state index contributed by atoms with van der Waals surface area (Å²) >= 11 is 3.34. The van der Waals surface area contributed by atoms with E-state index in [9.17, 15) is 14.0 Å². The third kappa shape index (κ3) is 5.58. The third-order valence-electron chi connectivity index (χ3n) is 3.01. The van der Waals surface area contributed by atoms with Gasteiger partial charge in [-0.05, 0) is 29.8 Å². The van der Waals surface area contributed by atoms with Gasteiger partial charge < -0.3 is 5.32 Å². The molecule has 0 saturated heterocycles. The Morgan fingerprint density at radius 3 is 2.71 bits per heavy atom. The van der Waals surface area contributed by atoms with Crippen molar-refractivity contribution in [3.05, 3.63) is 69.9 Å². The monoisotopic (exact) mass is 391 g/mol. The normalized spacial score (nSPS) is 10.6. The second-order valence-corrected chi connectivity index (χ2v) is 5.75. The zero-order chi connectivity index (χ0) is 17.4. The van der Waals surface area contributed by atoms with Gasteiger partial charge in [-0.15, -0.1) is 0 Å². The molecule has 124 valence electrons. The second kappa shape index (κ2) is 8.93. The Hall–Kier alpha value is -2.54. The lowest BCUT2D eigenvalue weighted by atomic mass is 10.2. The molecule has 0 aliphatic heterocycles. The van der Waals surface area contributed by atoms with E-state index in [1.807, 2.05) is 24.3 Å². The van der Waals surface area contributed by atoms with E-state index in [2.05, 4.69) is 31.8 Å². The number of amides is 2. The lowest BCUT2D eigenvalue weighted by Crippen LogP contribution is -2.29. The molecule has 0 bridgehead atoms. The van der Waals surface area contributed by atoms with Crippen LogP contribution in [0.3, 0.4) is 0 Å². The number of nitrogens with one attached hydrogen (secondary N) is 2. The molecule has 2 aromatic rings. The SMILES string of the molecule is O=C(CCNC(=O)c1ccccc1F)NN=Cc1cccc(Br)c1. The van der Waals surface area contributed by atoms with Crippen LogP contribution < -0.4 is 10.7 Å². The van der Waals surface area contributed by atoms with E-state index < -0.39 is 11.7 Å². The van der Waals surface area contributed by atoms with Crippen molar-refractivity contribution in [2.75, 3.05) is 6.54 Å². The molecule has 0 saturated carbocycles. The van der Waals surface area contributed by atoms with Crippen LogP contribution in [-0.2, 0) is 4.79 Å². The zero-order valence-electron chi connectivity index (χ0n) is 12.6. The first-order valence-electron chi connectivity index (χ1n) is 7.16. The molecule has 0 fully saturated rings. The largest absolute Gasteiger partial charge is 0.351 e. The molecule has 0 aliphatic rings. The molecule has 2 amide bonds. The van der Waals surface area contributed by atoms with Crippen LogP contribution in [0.2, 0.25) is 0 Å². The van der Waals surface area contributed by atoms with Gasteiger partial charge in [0.2, 0.25) is 5.91 Å². The van der Waals surface area contributed by atoms with Crippen molar-refractivity contribution in [3.63, 3.8) is 0 Å². The predicted octanol–water partition coefficient (Wildman–Crippen LogP) is 2.86. The molecule has 0 aromatic heterocycles. The number of hydrogen-bond donors (Lipinski definition) is 2. The molecule has 2 N–H and O–H groups in total. The van der Waals surface area contributed by atoms with Crippen molar-refractivity contribution < 1.29 is 14.0 Å². The van der Waals surface area contributed by atoms with Gasteiger partial charge in [0.25, 0.3) is 5.91 Å². The van der Waals surface area contributed by atoms with Crippen LogP contribution in [0.4, 0.5) is 4.39 Å². The molecular formula is C17H15BrFN3O2. The van der Waals surface area contributed by atoms with Crippen LogP contribution in [0.15, 0.2) is 58.1 Å². The van der Waals surface area contributed by atoms with E-state index in [1.165, 1.54) is 24.4 Å². The molecule has 24 heavy (non-hydrogen) atoms. The molecule has 0 aliphatic carbocycles. The fourth-order valence-corrected chi connectivity index (χ4v) is 2.27. The molecule has 2 aromatic carbocycles. The number of hydrazone groups is 1. The van der Waals surface area contributed by atoms with E-state index in [1.54, 1.807) is 6.07 Å². The highest BCUT2D eigenvalue weighted by atomic mass is 79.9. The number of benzene rings is 2. The van der Waals surface area contributed by atoms with E-state index in [0.717, 1.165) is 10.0 Å². The topological polar surface area (TPSA) is 70.6 Å². The quantitative estimate of drug-likeness (QED) is 0.586. The van der Waals surface area contributed by atoms with Gasteiger partial charge in [0.15, 0.2) is 0 Å². The molecule has 5 nitrogen and oxygen atoms in total. The summed E-state index contributed by atoms with van der Waals surface area (Å²) in [6.45, 7) is 0.0887. The van der Waals surface area contributed by atoms with Crippen LogP contribution in [0.25, 0.3) is 0 Å². The van der Waals surface area contributed by atoms with E-state index in [-0.39, 0.29) is 24.4 Å². The Morgan fingerprint density at radius 2 is 1.96 bits per heavy atom. The van der Waals surface area contributed by atoms with E-state index in [0.29, 0.717) is 0 Å². The molecule has 0 atom stereocenters. The number of halogens is 2. The minimum absolute atomic E-state index is 0.0377. The summed E-state index contributed by atoms with van der Waals surface area (Å²) in [5.41, 5.74) is 3.15. The number of rotatable bonds is 6. The lowest BCUT2D eigenvalue weighted by Gasteiger charge is -2.05. The molecule has 7 heteroatoms. The number of carbonyl (C=O) groups is 2. The summed E-state index contributed by atoms with van der Waals surface area (Å²) < 4.78 is 14.3. The minimum atomic E-state index is -0.599. The van der Waals surface area contributed by atoms with Crippen molar-refractivity contribution in [2.45, 2.75) is 6.42 Å². The summed E-state index contributed by atoms with van der Waals surface area (Å²) in [5, 5.41) is 6.32. The first-order chi connectivity index (χ1) is 11.6. The van der Waals surface area contributed by atoms with Gasteiger partial charge in [-0.1, -0.05) is 40.2 Å². The van der Waals surface area contributed by atoms with E-state index >= 15 is 0 Å². The average Bonchev–Trinajstić information content (AvgIpc) is 2.55. The fraction of sp³-hybridized carbons (Fsp3) is 0.118. The second-order valence-electron chi connectivity index (χ2n) is 4.83. The number of carbonyl (C=O) groups excluding carboxylic acids is 2. The predicted molar refractivity (Wildman–Crippen MR) is 93.2 cm³/mol. The maximum atomic E-state index is 13.4. The first-order valence-corrected chi connectivity index (χ1v) is 7.96. The Labute approximate surface area is 147 Å². The van der Waals surface area contributed by atoms with Crippen molar-refractivity contribution in [1.82, 2.24) is 10.7 Å². The summed E-state index contributed by atoms with van der Waals surface area (Å²) in [6, 6.07) is 13.1. The van der Waals surface area contributed by atoms with Crippen molar-refractivity contribution in [3.8, 4) is 0 Å². The molecule has 0 radical (unpaired) electrons. The van der Waals surface area contributed by atoms with Gasteiger partial charge in [0.1, 0.15) is 5.82 Å². The van der Waals surface area contributed by atoms with Crippen molar-refractivity contribution >= 4 is 34.0 Å². The highest BCUT2D eigenvalue weighted by molar-refractivity contribution is 9.10. The lowest BCUT2D eigenvalue weighted by molar-refractivity contribution is -0.120. The Kier molecular flexibility index (Phi) is 6.62. The van der Waals surface area contributed by atoms with Crippen molar-refractivity contribution in [1.29, 1.82) is 0 Å². The Bertz CT molecular complexity index is 765.